The van der Waals surface area contributed by atoms with E-state index in [0.717, 1.165) is 37.8 Å². The van der Waals surface area contributed by atoms with E-state index in [1.54, 1.807) is 0 Å². The number of amides is 1. The summed E-state index contributed by atoms with van der Waals surface area (Å²) in [7, 11) is -2.98. The number of hydrogen-bond donors (Lipinski definition) is 0. The summed E-state index contributed by atoms with van der Waals surface area (Å²) in [4.78, 5) is 16.9. The van der Waals surface area contributed by atoms with Gasteiger partial charge in [0.15, 0.2) is 9.84 Å². The molecule has 0 N–H and O–H groups in total. The number of likely N-dealkylation sites (N-methyl/N-ethyl adjacent to an activating group) is 1. The van der Waals surface area contributed by atoms with Crippen LogP contribution in [0.25, 0.3) is 0 Å². The lowest BCUT2D eigenvalue weighted by Gasteiger charge is -2.35. The Balaban J connectivity index is 2.09. The van der Waals surface area contributed by atoms with Crippen LogP contribution >= 0.6 is 0 Å². The average Bonchev–Trinajstić information content (AvgIpc) is 3.08. The van der Waals surface area contributed by atoms with Gasteiger partial charge < -0.3 is 4.90 Å². The van der Waals surface area contributed by atoms with E-state index in [1.165, 1.54) is 0 Å². The Morgan fingerprint density at radius 1 is 1.13 bits per heavy atom. The molecule has 1 unspecified atom stereocenters. The van der Waals surface area contributed by atoms with Gasteiger partial charge in [-0.05, 0) is 32.7 Å². The summed E-state index contributed by atoms with van der Waals surface area (Å²) >= 11 is 0. The zero-order chi connectivity index (χ0) is 17.0. The Morgan fingerprint density at radius 3 is 2.26 bits per heavy atom. The van der Waals surface area contributed by atoms with Gasteiger partial charge >= 0.3 is 0 Å². The largest absolute Gasteiger partial charge is 0.335 e. The first-order valence-corrected chi connectivity index (χ1v) is 10.5. The van der Waals surface area contributed by atoms with Crippen molar-refractivity contribution < 1.29 is 13.2 Å². The molecule has 6 heteroatoms. The lowest BCUT2D eigenvalue weighted by molar-refractivity contribution is -0.136. The van der Waals surface area contributed by atoms with Crippen LogP contribution in [0.1, 0.15) is 46.0 Å². The Morgan fingerprint density at radius 2 is 1.78 bits per heavy atom. The lowest BCUT2D eigenvalue weighted by atomic mass is 10.1. The SMILES string of the molecule is C=C(C)CN(CC)CC(=O)N(C1CCCC1)C1CCS(=O)(=O)C1. The average molecular weight is 343 g/mol. The molecule has 1 atom stereocenters. The Bertz CT molecular complexity index is 538. The molecule has 0 bridgehead atoms. The molecule has 0 aromatic rings. The van der Waals surface area contributed by atoms with E-state index in [9.17, 15) is 13.2 Å². The second kappa shape index (κ2) is 7.79. The molecule has 1 saturated heterocycles. The van der Waals surface area contributed by atoms with E-state index in [1.807, 2.05) is 18.7 Å². The Kier molecular flexibility index (Phi) is 6.26. The monoisotopic (exact) mass is 342 g/mol. The molecule has 132 valence electrons. The van der Waals surface area contributed by atoms with Gasteiger partial charge in [-0.3, -0.25) is 9.69 Å². The number of rotatable bonds is 7. The maximum absolute atomic E-state index is 12.9. The zero-order valence-corrected chi connectivity index (χ0v) is 15.3. The third kappa shape index (κ3) is 5.05. The summed E-state index contributed by atoms with van der Waals surface area (Å²) in [6.45, 7) is 9.79. The first-order chi connectivity index (χ1) is 10.8. The van der Waals surface area contributed by atoms with Crippen LogP contribution in [0, 0.1) is 0 Å². The Hall–Kier alpha value is -0.880. The molecule has 23 heavy (non-hydrogen) atoms. The molecule has 1 amide bonds. The van der Waals surface area contributed by atoms with E-state index in [4.69, 9.17) is 0 Å². The fourth-order valence-corrected chi connectivity index (χ4v) is 5.53. The second-order valence-corrected chi connectivity index (χ2v) is 9.29. The molecular weight excluding hydrogens is 312 g/mol. The predicted molar refractivity (Wildman–Crippen MR) is 93.1 cm³/mol. The molecule has 1 aliphatic carbocycles. The topological polar surface area (TPSA) is 57.7 Å². The van der Waals surface area contributed by atoms with Crippen LogP contribution in [0.2, 0.25) is 0 Å². The van der Waals surface area contributed by atoms with E-state index >= 15 is 0 Å². The van der Waals surface area contributed by atoms with Crippen molar-refractivity contribution in [2.45, 2.75) is 58.0 Å². The molecule has 0 aromatic heterocycles. The van der Waals surface area contributed by atoms with Crippen molar-refractivity contribution in [2.75, 3.05) is 31.1 Å². The highest BCUT2D eigenvalue weighted by Crippen LogP contribution is 2.29. The van der Waals surface area contributed by atoms with Crippen LogP contribution in [0.5, 0.6) is 0 Å². The Labute approximate surface area is 140 Å². The first kappa shape index (κ1) is 18.5. The van der Waals surface area contributed by atoms with Crippen LogP contribution in [0.4, 0.5) is 0 Å². The van der Waals surface area contributed by atoms with Crippen molar-refractivity contribution in [2.24, 2.45) is 0 Å². The number of carbonyl (C=O) groups excluding carboxylic acids is 1. The predicted octanol–water partition coefficient (Wildman–Crippen LogP) is 1.84. The number of hydrogen-bond acceptors (Lipinski definition) is 4. The molecule has 0 aromatic carbocycles. The van der Waals surface area contributed by atoms with Gasteiger partial charge in [-0.1, -0.05) is 31.9 Å². The van der Waals surface area contributed by atoms with Crippen LogP contribution < -0.4 is 0 Å². The van der Waals surface area contributed by atoms with Gasteiger partial charge in [-0.15, -0.1) is 0 Å². The number of sulfone groups is 1. The number of carbonyl (C=O) groups is 1. The van der Waals surface area contributed by atoms with Crippen molar-refractivity contribution in [3.63, 3.8) is 0 Å². The first-order valence-electron chi connectivity index (χ1n) is 8.70. The normalized spacial score (nSPS) is 24.2. The lowest BCUT2D eigenvalue weighted by Crippen LogP contribution is -2.50. The quantitative estimate of drug-likeness (QED) is 0.663. The third-order valence-electron chi connectivity index (χ3n) is 4.91. The van der Waals surface area contributed by atoms with E-state index in [2.05, 4.69) is 11.5 Å². The minimum atomic E-state index is -2.98. The highest BCUT2D eigenvalue weighted by molar-refractivity contribution is 7.91. The van der Waals surface area contributed by atoms with Gasteiger partial charge in [0, 0.05) is 18.6 Å². The number of nitrogens with zero attached hydrogens (tertiary/aromatic N) is 2. The fraction of sp³-hybridized carbons (Fsp3) is 0.824. The molecule has 2 aliphatic rings. The van der Waals surface area contributed by atoms with Crippen LogP contribution in [0.3, 0.4) is 0 Å². The van der Waals surface area contributed by atoms with Gasteiger partial charge in [0.1, 0.15) is 0 Å². The van der Waals surface area contributed by atoms with E-state index < -0.39 is 9.84 Å². The van der Waals surface area contributed by atoms with Gasteiger partial charge in [-0.25, -0.2) is 8.42 Å². The van der Waals surface area contributed by atoms with Crippen LogP contribution in [0.15, 0.2) is 12.2 Å². The van der Waals surface area contributed by atoms with E-state index in [0.29, 0.717) is 19.5 Å². The summed E-state index contributed by atoms with van der Waals surface area (Å²) in [5.41, 5.74) is 1.04. The van der Waals surface area contributed by atoms with Crippen LogP contribution in [-0.2, 0) is 14.6 Å². The summed E-state index contributed by atoms with van der Waals surface area (Å²) < 4.78 is 23.7. The molecule has 1 aliphatic heterocycles. The highest BCUT2D eigenvalue weighted by atomic mass is 32.2. The van der Waals surface area contributed by atoms with Crippen molar-refractivity contribution in [1.29, 1.82) is 0 Å². The molecule has 1 heterocycles. The summed E-state index contributed by atoms with van der Waals surface area (Å²) in [5, 5.41) is 0. The molecule has 2 rings (SSSR count). The van der Waals surface area contributed by atoms with Crippen molar-refractivity contribution >= 4 is 15.7 Å². The minimum absolute atomic E-state index is 0.0853. The molecule has 2 fully saturated rings. The minimum Gasteiger partial charge on any atom is -0.335 e. The molecule has 0 radical (unpaired) electrons. The highest BCUT2D eigenvalue weighted by Gasteiger charge is 2.39. The maximum atomic E-state index is 12.9. The molecule has 5 nitrogen and oxygen atoms in total. The summed E-state index contributed by atoms with van der Waals surface area (Å²) in [6.07, 6.45) is 4.88. The zero-order valence-electron chi connectivity index (χ0n) is 14.5. The van der Waals surface area contributed by atoms with Crippen LogP contribution in [-0.4, -0.2) is 67.3 Å². The smallest absolute Gasteiger partial charge is 0.237 e. The van der Waals surface area contributed by atoms with Crippen molar-refractivity contribution in [3.8, 4) is 0 Å². The molecule has 0 spiro atoms. The fourth-order valence-electron chi connectivity index (χ4n) is 3.82. The van der Waals surface area contributed by atoms with Crippen molar-refractivity contribution in [1.82, 2.24) is 9.80 Å². The standard InChI is InChI=1S/C17H30N2O3S/c1-4-18(11-14(2)3)12-17(20)19(15-7-5-6-8-15)16-9-10-23(21,22)13-16/h15-16H,2,4-13H2,1,3H3. The summed E-state index contributed by atoms with van der Waals surface area (Å²) in [5.74, 6) is 0.446. The summed E-state index contributed by atoms with van der Waals surface area (Å²) in [6, 6.07) is 0.100. The van der Waals surface area contributed by atoms with Gasteiger partial charge in [0.05, 0.1) is 18.1 Å². The van der Waals surface area contributed by atoms with Gasteiger partial charge in [0.2, 0.25) is 5.91 Å². The molecule has 1 saturated carbocycles. The third-order valence-corrected chi connectivity index (χ3v) is 6.66. The van der Waals surface area contributed by atoms with E-state index in [-0.39, 0.29) is 29.5 Å². The van der Waals surface area contributed by atoms with Crippen molar-refractivity contribution in [3.05, 3.63) is 12.2 Å². The van der Waals surface area contributed by atoms with Gasteiger partial charge in [0.25, 0.3) is 0 Å². The second-order valence-electron chi connectivity index (χ2n) is 7.06. The van der Waals surface area contributed by atoms with Gasteiger partial charge in [-0.2, -0.15) is 0 Å². The maximum Gasteiger partial charge on any atom is 0.237 e. The molecular formula is C17H30N2O3S.